The van der Waals surface area contributed by atoms with Gasteiger partial charge in [0.15, 0.2) is 0 Å². The van der Waals surface area contributed by atoms with Crippen molar-refractivity contribution in [2.75, 3.05) is 19.6 Å². The predicted octanol–water partition coefficient (Wildman–Crippen LogP) is -1.11. The molecule has 1 saturated heterocycles. The summed E-state index contributed by atoms with van der Waals surface area (Å²) in [6.45, 7) is 1.45. The maximum Gasteiger partial charge on any atom is 0.314 e. The fourth-order valence-corrected chi connectivity index (χ4v) is 0.987. The third kappa shape index (κ3) is 2.10. The molecule has 0 saturated carbocycles. The Morgan fingerprint density at radius 2 is 2.27 bits per heavy atom. The monoisotopic (exact) mass is 157 g/mol. The molecule has 0 aliphatic carbocycles. The summed E-state index contributed by atoms with van der Waals surface area (Å²) in [6.07, 6.45) is 0.350. The van der Waals surface area contributed by atoms with Crippen molar-refractivity contribution in [2.24, 2.45) is 5.73 Å². The number of amides is 3. The van der Waals surface area contributed by atoms with Crippen LogP contribution in [0.1, 0.15) is 6.42 Å². The SMILES string of the molecule is NC(=O)N1CCNC(=O)CC1. The fourth-order valence-electron chi connectivity index (χ4n) is 0.987. The third-order valence-electron chi connectivity index (χ3n) is 1.62. The Morgan fingerprint density at radius 1 is 1.55 bits per heavy atom. The van der Waals surface area contributed by atoms with Crippen molar-refractivity contribution in [3.63, 3.8) is 0 Å². The zero-order chi connectivity index (χ0) is 8.27. The minimum absolute atomic E-state index is 0.0197. The molecule has 0 unspecified atom stereocenters. The lowest BCUT2D eigenvalue weighted by Gasteiger charge is -2.15. The third-order valence-corrected chi connectivity index (χ3v) is 1.62. The second kappa shape index (κ2) is 3.23. The van der Waals surface area contributed by atoms with Crippen LogP contribution in [-0.2, 0) is 4.79 Å². The first-order valence-corrected chi connectivity index (χ1v) is 3.51. The predicted molar refractivity (Wildman–Crippen MR) is 38.8 cm³/mol. The lowest BCUT2D eigenvalue weighted by atomic mass is 10.4. The number of rotatable bonds is 0. The molecule has 0 aromatic heterocycles. The molecular weight excluding hydrogens is 146 g/mol. The van der Waals surface area contributed by atoms with E-state index in [0.717, 1.165) is 0 Å². The molecule has 0 atom stereocenters. The Hall–Kier alpha value is -1.26. The van der Waals surface area contributed by atoms with Gasteiger partial charge < -0.3 is 16.0 Å². The quantitative estimate of drug-likeness (QED) is 0.467. The molecule has 1 aliphatic rings. The van der Waals surface area contributed by atoms with Gasteiger partial charge in [-0.15, -0.1) is 0 Å². The second-order valence-electron chi connectivity index (χ2n) is 2.43. The standard InChI is InChI=1S/C6H11N3O2/c7-6(11)9-3-1-5(10)8-2-4-9/h1-4H2,(H2,7,11)(H,8,10). The van der Waals surface area contributed by atoms with Crippen molar-refractivity contribution in [3.05, 3.63) is 0 Å². The van der Waals surface area contributed by atoms with Gasteiger partial charge in [0.25, 0.3) is 0 Å². The number of carbonyl (C=O) groups excluding carboxylic acids is 2. The topological polar surface area (TPSA) is 75.4 Å². The summed E-state index contributed by atoms with van der Waals surface area (Å²) in [4.78, 5) is 22.8. The lowest BCUT2D eigenvalue weighted by Crippen LogP contribution is -2.38. The molecule has 5 nitrogen and oxygen atoms in total. The highest BCUT2D eigenvalue weighted by atomic mass is 16.2. The van der Waals surface area contributed by atoms with E-state index in [0.29, 0.717) is 26.1 Å². The van der Waals surface area contributed by atoms with Crippen LogP contribution >= 0.6 is 0 Å². The highest BCUT2D eigenvalue weighted by Crippen LogP contribution is 1.94. The zero-order valence-electron chi connectivity index (χ0n) is 6.17. The van der Waals surface area contributed by atoms with Gasteiger partial charge in [-0.2, -0.15) is 0 Å². The van der Waals surface area contributed by atoms with E-state index in [1.165, 1.54) is 4.90 Å². The van der Waals surface area contributed by atoms with E-state index in [4.69, 9.17) is 5.73 Å². The minimum Gasteiger partial charge on any atom is -0.354 e. The largest absolute Gasteiger partial charge is 0.354 e. The summed E-state index contributed by atoms with van der Waals surface area (Å²) in [7, 11) is 0. The lowest BCUT2D eigenvalue weighted by molar-refractivity contribution is -0.120. The summed E-state index contributed by atoms with van der Waals surface area (Å²) in [5.41, 5.74) is 5.03. The summed E-state index contributed by atoms with van der Waals surface area (Å²) in [5.74, 6) is -0.0197. The van der Waals surface area contributed by atoms with E-state index < -0.39 is 6.03 Å². The van der Waals surface area contributed by atoms with Crippen LogP contribution in [0.5, 0.6) is 0 Å². The average Bonchev–Trinajstić information content (AvgIpc) is 2.13. The van der Waals surface area contributed by atoms with Crippen LogP contribution in [0.3, 0.4) is 0 Å². The van der Waals surface area contributed by atoms with Crippen LogP contribution in [-0.4, -0.2) is 36.5 Å². The molecule has 5 heteroatoms. The maximum atomic E-state index is 10.8. The Balaban J connectivity index is 2.46. The van der Waals surface area contributed by atoms with E-state index in [1.807, 2.05) is 0 Å². The molecule has 1 rings (SSSR count). The van der Waals surface area contributed by atoms with Crippen LogP contribution in [0.4, 0.5) is 4.79 Å². The molecule has 0 radical (unpaired) electrons. The molecule has 1 heterocycles. The van der Waals surface area contributed by atoms with Crippen molar-refractivity contribution < 1.29 is 9.59 Å². The molecule has 0 aromatic rings. The van der Waals surface area contributed by atoms with Crippen molar-refractivity contribution in [2.45, 2.75) is 6.42 Å². The number of hydrogen-bond acceptors (Lipinski definition) is 2. The van der Waals surface area contributed by atoms with Crippen molar-refractivity contribution in [1.82, 2.24) is 10.2 Å². The molecule has 3 N–H and O–H groups in total. The van der Waals surface area contributed by atoms with Gasteiger partial charge in [-0.3, -0.25) is 4.79 Å². The Morgan fingerprint density at radius 3 is 2.91 bits per heavy atom. The first kappa shape index (κ1) is 7.84. The number of urea groups is 1. The van der Waals surface area contributed by atoms with E-state index in [9.17, 15) is 9.59 Å². The first-order chi connectivity index (χ1) is 5.20. The normalized spacial score (nSPS) is 18.9. The molecule has 3 amide bonds. The molecule has 1 fully saturated rings. The van der Waals surface area contributed by atoms with E-state index in [2.05, 4.69) is 5.32 Å². The van der Waals surface area contributed by atoms with E-state index in [-0.39, 0.29) is 5.91 Å². The van der Waals surface area contributed by atoms with Gasteiger partial charge in [-0.05, 0) is 0 Å². The minimum atomic E-state index is -0.457. The van der Waals surface area contributed by atoms with Gasteiger partial charge in [0.05, 0.1) is 0 Å². The van der Waals surface area contributed by atoms with Crippen molar-refractivity contribution in [1.29, 1.82) is 0 Å². The zero-order valence-corrected chi connectivity index (χ0v) is 6.17. The van der Waals surface area contributed by atoms with E-state index in [1.54, 1.807) is 0 Å². The molecule has 62 valence electrons. The first-order valence-electron chi connectivity index (χ1n) is 3.51. The van der Waals surface area contributed by atoms with Gasteiger partial charge in [-0.1, -0.05) is 0 Å². The average molecular weight is 157 g/mol. The molecule has 0 aromatic carbocycles. The van der Waals surface area contributed by atoms with Crippen LogP contribution in [0, 0.1) is 0 Å². The number of nitrogens with one attached hydrogen (secondary N) is 1. The molecule has 1 aliphatic heterocycles. The van der Waals surface area contributed by atoms with Gasteiger partial charge in [0.1, 0.15) is 0 Å². The molecular formula is C6H11N3O2. The number of hydrogen-bond donors (Lipinski definition) is 2. The maximum absolute atomic E-state index is 10.8. The smallest absolute Gasteiger partial charge is 0.314 e. The number of primary amides is 1. The highest BCUT2D eigenvalue weighted by molar-refractivity contribution is 5.78. The van der Waals surface area contributed by atoms with Crippen LogP contribution in [0.2, 0.25) is 0 Å². The Kier molecular flexibility index (Phi) is 2.30. The number of nitrogens with zero attached hydrogens (tertiary/aromatic N) is 1. The van der Waals surface area contributed by atoms with Crippen LogP contribution in [0.25, 0.3) is 0 Å². The Bertz CT molecular complexity index is 181. The van der Waals surface area contributed by atoms with Crippen LogP contribution in [0.15, 0.2) is 0 Å². The number of nitrogens with two attached hydrogens (primary N) is 1. The highest BCUT2D eigenvalue weighted by Gasteiger charge is 2.14. The molecule has 0 spiro atoms. The fraction of sp³-hybridized carbons (Fsp3) is 0.667. The summed E-state index contributed by atoms with van der Waals surface area (Å²) in [5, 5.41) is 2.64. The Labute approximate surface area is 64.5 Å². The molecule has 11 heavy (non-hydrogen) atoms. The second-order valence-corrected chi connectivity index (χ2v) is 2.43. The van der Waals surface area contributed by atoms with Crippen molar-refractivity contribution in [3.8, 4) is 0 Å². The van der Waals surface area contributed by atoms with Gasteiger partial charge in [0.2, 0.25) is 5.91 Å². The summed E-state index contributed by atoms with van der Waals surface area (Å²) in [6, 6.07) is -0.457. The number of carbonyl (C=O) groups is 2. The van der Waals surface area contributed by atoms with Gasteiger partial charge in [0, 0.05) is 26.1 Å². The van der Waals surface area contributed by atoms with Crippen molar-refractivity contribution >= 4 is 11.9 Å². The van der Waals surface area contributed by atoms with Gasteiger partial charge >= 0.3 is 6.03 Å². The van der Waals surface area contributed by atoms with E-state index >= 15 is 0 Å². The summed E-state index contributed by atoms with van der Waals surface area (Å²) >= 11 is 0. The summed E-state index contributed by atoms with van der Waals surface area (Å²) < 4.78 is 0. The molecule has 0 bridgehead atoms. The van der Waals surface area contributed by atoms with Crippen LogP contribution < -0.4 is 11.1 Å². The van der Waals surface area contributed by atoms with Gasteiger partial charge in [-0.25, -0.2) is 4.79 Å².